The van der Waals surface area contributed by atoms with E-state index in [1.165, 1.54) is 0 Å². The first-order valence-corrected chi connectivity index (χ1v) is 6.39. The van der Waals surface area contributed by atoms with Gasteiger partial charge in [-0.25, -0.2) is 8.97 Å². The number of hydrogen-bond acceptors (Lipinski definition) is 0. The fourth-order valence-electron chi connectivity index (χ4n) is 2.01. The van der Waals surface area contributed by atoms with Crippen molar-refractivity contribution in [1.82, 2.24) is 4.57 Å². The van der Waals surface area contributed by atoms with Crippen LogP contribution in [-0.4, -0.2) is 4.57 Å². The average molecular weight is 358 g/mol. The molecule has 19 heavy (non-hydrogen) atoms. The summed E-state index contributed by atoms with van der Waals surface area (Å²) < 4.78 is 4.25. The predicted molar refractivity (Wildman–Crippen MR) is 73.2 cm³/mol. The lowest BCUT2D eigenvalue weighted by Gasteiger charge is -2.01. The van der Waals surface area contributed by atoms with Crippen molar-refractivity contribution < 1.29 is 21.4 Å². The number of halogens is 3. The van der Waals surface area contributed by atoms with Crippen LogP contribution in [-0.2, 0) is 6.54 Å². The van der Waals surface area contributed by atoms with Crippen LogP contribution in [0.4, 0.5) is 0 Å². The lowest BCUT2D eigenvalue weighted by molar-refractivity contribution is -0.510. The SMILES string of the molecule is Clc1ccc(Cn2cc[n+]3ccccc23)cc1Cl.[Br-]. The summed E-state index contributed by atoms with van der Waals surface area (Å²) in [5.74, 6) is 0. The second-order valence-corrected chi connectivity index (χ2v) is 4.96. The molecule has 0 aliphatic heterocycles. The van der Waals surface area contributed by atoms with Gasteiger partial charge in [0.1, 0.15) is 18.9 Å². The Hall–Kier alpha value is -1.03. The molecule has 0 amide bonds. The fourth-order valence-corrected chi connectivity index (χ4v) is 2.33. The van der Waals surface area contributed by atoms with Gasteiger partial charge in [0.05, 0.1) is 16.2 Å². The second-order valence-electron chi connectivity index (χ2n) is 4.14. The van der Waals surface area contributed by atoms with E-state index < -0.39 is 0 Å². The lowest BCUT2D eigenvalue weighted by atomic mass is 10.2. The summed E-state index contributed by atoms with van der Waals surface area (Å²) in [6, 6.07) is 11.9. The summed E-state index contributed by atoms with van der Waals surface area (Å²) in [6.45, 7) is 0.775. The van der Waals surface area contributed by atoms with Gasteiger partial charge in [-0.15, -0.1) is 0 Å². The van der Waals surface area contributed by atoms with Gasteiger partial charge in [-0.3, -0.25) is 0 Å². The van der Waals surface area contributed by atoms with Crippen molar-refractivity contribution in [2.24, 2.45) is 0 Å². The maximum Gasteiger partial charge on any atom is 0.286 e. The molecule has 0 fully saturated rings. The van der Waals surface area contributed by atoms with Gasteiger partial charge in [0.15, 0.2) is 0 Å². The summed E-state index contributed by atoms with van der Waals surface area (Å²) in [5.41, 5.74) is 2.27. The van der Waals surface area contributed by atoms with Crippen molar-refractivity contribution in [2.45, 2.75) is 6.54 Å². The summed E-state index contributed by atoms with van der Waals surface area (Å²) in [6.07, 6.45) is 6.12. The molecule has 0 radical (unpaired) electrons. The van der Waals surface area contributed by atoms with Crippen molar-refractivity contribution in [3.05, 3.63) is 70.6 Å². The third-order valence-electron chi connectivity index (χ3n) is 2.91. The number of rotatable bonds is 2. The molecule has 3 rings (SSSR count). The largest absolute Gasteiger partial charge is 1.00 e. The maximum atomic E-state index is 6.03. The third kappa shape index (κ3) is 2.94. The normalized spacial score (nSPS) is 10.4. The Labute approximate surface area is 132 Å². The quantitative estimate of drug-likeness (QED) is 0.593. The van der Waals surface area contributed by atoms with Gasteiger partial charge in [0, 0.05) is 6.07 Å². The van der Waals surface area contributed by atoms with Crippen molar-refractivity contribution in [3.63, 3.8) is 0 Å². The molecular formula is C14H11BrCl2N2. The van der Waals surface area contributed by atoms with Gasteiger partial charge in [0.2, 0.25) is 0 Å². The summed E-state index contributed by atoms with van der Waals surface area (Å²) in [7, 11) is 0. The molecule has 0 saturated heterocycles. The van der Waals surface area contributed by atoms with Gasteiger partial charge >= 0.3 is 0 Å². The predicted octanol–water partition coefficient (Wildman–Crippen LogP) is 0.586. The smallest absolute Gasteiger partial charge is 0.286 e. The number of imidazole rings is 1. The standard InChI is InChI=1S/C14H11Cl2N2.BrH/c15-12-5-4-11(9-13(12)16)10-18-8-7-17-6-2-1-3-14(17)18;/h1-9H,10H2;1H/q+1;/p-1. The van der Waals surface area contributed by atoms with E-state index in [1.807, 2.05) is 42.7 Å². The van der Waals surface area contributed by atoms with Crippen molar-refractivity contribution in [3.8, 4) is 0 Å². The van der Waals surface area contributed by atoms with Crippen LogP contribution in [0.25, 0.3) is 5.65 Å². The highest BCUT2D eigenvalue weighted by atomic mass is 79.9. The molecular weight excluding hydrogens is 347 g/mol. The highest BCUT2D eigenvalue weighted by molar-refractivity contribution is 6.42. The summed E-state index contributed by atoms with van der Waals surface area (Å²) in [5, 5.41) is 1.19. The first kappa shape index (κ1) is 14.4. The Bertz CT molecular complexity index is 709. The number of fused-ring (bicyclic) bond motifs is 1. The van der Waals surface area contributed by atoms with E-state index in [-0.39, 0.29) is 17.0 Å². The van der Waals surface area contributed by atoms with Gasteiger partial charge < -0.3 is 17.0 Å². The molecule has 0 aliphatic carbocycles. The molecule has 2 heterocycles. The first-order chi connectivity index (χ1) is 8.74. The Balaban J connectivity index is 0.00000133. The number of benzene rings is 1. The summed E-state index contributed by atoms with van der Waals surface area (Å²) in [4.78, 5) is 0. The van der Waals surface area contributed by atoms with E-state index in [0.29, 0.717) is 10.0 Å². The van der Waals surface area contributed by atoms with Crippen LogP contribution in [0.1, 0.15) is 5.56 Å². The van der Waals surface area contributed by atoms with Crippen LogP contribution in [0, 0.1) is 0 Å². The van der Waals surface area contributed by atoms with Crippen LogP contribution >= 0.6 is 23.2 Å². The van der Waals surface area contributed by atoms with E-state index in [2.05, 4.69) is 21.2 Å². The van der Waals surface area contributed by atoms with Gasteiger partial charge in [0.25, 0.3) is 5.65 Å². The molecule has 0 bridgehead atoms. The molecule has 2 nitrogen and oxygen atoms in total. The Morgan fingerprint density at radius 1 is 1.00 bits per heavy atom. The molecule has 0 atom stereocenters. The van der Waals surface area contributed by atoms with Crippen LogP contribution < -0.4 is 21.4 Å². The van der Waals surface area contributed by atoms with Crippen LogP contribution in [0.2, 0.25) is 10.0 Å². The molecule has 0 N–H and O–H groups in total. The topological polar surface area (TPSA) is 9.03 Å². The zero-order valence-electron chi connectivity index (χ0n) is 9.93. The molecule has 0 unspecified atom stereocenters. The maximum absolute atomic E-state index is 6.03. The van der Waals surface area contributed by atoms with Crippen molar-refractivity contribution in [1.29, 1.82) is 0 Å². The average Bonchev–Trinajstić information content (AvgIpc) is 2.78. The number of pyridine rings is 1. The minimum Gasteiger partial charge on any atom is -1.00 e. The van der Waals surface area contributed by atoms with Gasteiger partial charge in [-0.05, 0) is 23.8 Å². The van der Waals surface area contributed by atoms with Crippen LogP contribution in [0.15, 0.2) is 55.0 Å². The zero-order chi connectivity index (χ0) is 12.5. The number of hydrogen-bond donors (Lipinski definition) is 0. The van der Waals surface area contributed by atoms with E-state index in [4.69, 9.17) is 23.2 Å². The van der Waals surface area contributed by atoms with E-state index in [1.54, 1.807) is 0 Å². The summed E-state index contributed by atoms with van der Waals surface area (Å²) >= 11 is 11.9. The Morgan fingerprint density at radius 2 is 1.84 bits per heavy atom. The fraction of sp³-hybridized carbons (Fsp3) is 0.0714. The second kappa shape index (κ2) is 5.95. The molecule has 0 aliphatic rings. The molecule has 1 aromatic carbocycles. The zero-order valence-corrected chi connectivity index (χ0v) is 13.0. The van der Waals surface area contributed by atoms with E-state index in [0.717, 1.165) is 17.8 Å². The highest BCUT2D eigenvalue weighted by Gasteiger charge is 2.09. The van der Waals surface area contributed by atoms with Crippen LogP contribution in [0.3, 0.4) is 0 Å². The minimum atomic E-state index is 0. The molecule has 5 heteroatoms. The van der Waals surface area contributed by atoms with Gasteiger partial charge in [-0.1, -0.05) is 35.3 Å². The molecule has 0 saturated carbocycles. The van der Waals surface area contributed by atoms with E-state index >= 15 is 0 Å². The van der Waals surface area contributed by atoms with Crippen molar-refractivity contribution in [2.75, 3.05) is 0 Å². The monoisotopic (exact) mass is 356 g/mol. The first-order valence-electron chi connectivity index (χ1n) is 5.63. The molecule has 3 aromatic rings. The molecule has 2 aromatic heterocycles. The highest BCUT2D eigenvalue weighted by Crippen LogP contribution is 2.23. The molecule has 0 spiro atoms. The molecule has 98 valence electrons. The van der Waals surface area contributed by atoms with Gasteiger partial charge in [-0.2, -0.15) is 0 Å². The minimum absolute atomic E-state index is 0. The Kier molecular flexibility index (Phi) is 4.50. The lowest BCUT2D eigenvalue weighted by Crippen LogP contribution is -3.00. The number of nitrogens with zero attached hydrogens (tertiary/aromatic N) is 2. The van der Waals surface area contributed by atoms with Crippen molar-refractivity contribution >= 4 is 28.8 Å². The number of aromatic nitrogens is 2. The Morgan fingerprint density at radius 3 is 2.63 bits per heavy atom. The third-order valence-corrected chi connectivity index (χ3v) is 3.65. The van der Waals surface area contributed by atoms with Crippen LogP contribution in [0.5, 0.6) is 0 Å². The van der Waals surface area contributed by atoms with E-state index in [9.17, 15) is 0 Å².